The van der Waals surface area contributed by atoms with Crippen LogP contribution in [0, 0.1) is 6.92 Å². The second-order valence-electron chi connectivity index (χ2n) is 7.53. The Bertz CT molecular complexity index is 1450. The molecule has 6 nitrogen and oxygen atoms in total. The maximum absolute atomic E-state index is 12.5. The highest BCUT2D eigenvalue weighted by atomic mass is 19.3. The number of aromatic amines is 1. The predicted octanol–water partition coefficient (Wildman–Crippen LogP) is 4.85. The predicted molar refractivity (Wildman–Crippen MR) is 119 cm³/mol. The molecule has 8 heteroatoms. The molecule has 32 heavy (non-hydrogen) atoms. The molecule has 160 valence electrons. The number of fused-ring (bicyclic) bond motifs is 2. The summed E-state index contributed by atoms with van der Waals surface area (Å²) < 4.78 is 26.6. The summed E-state index contributed by atoms with van der Waals surface area (Å²) in [6.45, 7) is 1.35. The van der Waals surface area contributed by atoms with Crippen molar-refractivity contribution in [3.8, 4) is 22.3 Å². The standard InChI is InChI=1S/C24H19F2N5O/c1-14-4-2-3-5-17(14)16-8-18-19(10-29-23(18)28-9-16)15-6-7-22-27-11-20(31(22)13-15)24(32)30-12-21(25)26/h2-11,13,21H,12H2,1H3,(H,28,29)(H,30,32). The van der Waals surface area contributed by atoms with Gasteiger partial charge in [-0.05, 0) is 36.2 Å². The van der Waals surface area contributed by atoms with Gasteiger partial charge in [0.1, 0.15) is 17.0 Å². The molecule has 0 aliphatic rings. The van der Waals surface area contributed by atoms with Crippen LogP contribution in [0.4, 0.5) is 8.78 Å². The molecule has 1 amide bonds. The van der Waals surface area contributed by atoms with Gasteiger partial charge in [-0.15, -0.1) is 0 Å². The number of nitrogens with one attached hydrogen (secondary N) is 2. The van der Waals surface area contributed by atoms with Gasteiger partial charge >= 0.3 is 0 Å². The minimum atomic E-state index is -2.62. The van der Waals surface area contributed by atoms with Crippen LogP contribution in [0.3, 0.4) is 0 Å². The average Bonchev–Trinajstić information content (AvgIpc) is 3.41. The van der Waals surface area contributed by atoms with Gasteiger partial charge in [0.05, 0.1) is 12.7 Å². The molecule has 0 bridgehead atoms. The Morgan fingerprint density at radius 1 is 1.09 bits per heavy atom. The van der Waals surface area contributed by atoms with Crippen molar-refractivity contribution in [3.63, 3.8) is 0 Å². The first-order valence-corrected chi connectivity index (χ1v) is 10.1. The van der Waals surface area contributed by atoms with Gasteiger partial charge < -0.3 is 10.3 Å². The highest BCUT2D eigenvalue weighted by Gasteiger charge is 2.16. The summed E-state index contributed by atoms with van der Waals surface area (Å²) in [4.78, 5) is 24.3. The fourth-order valence-electron chi connectivity index (χ4n) is 3.85. The Labute approximate surface area is 181 Å². The Hall–Kier alpha value is -4.07. The van der Waals surface area contributed by atoms with Crippen LogP contribution in [0.2, 0.25) is 0 Å². The van der Waals surface area contributed by atoms with Crippen molar-refractivity contribution in [1.29, 1.82) is 0 Å². The SMILES string of the molecule is Cc1ccccc1-c1cnc2[nH]cc(-c3ccc4ncc(C(=O)NCC(F)F)n4c3)c2c1. The number of H-pyrrole nitrogens is 1. The molecule has 1 aromatic carbocycles. The molecule has 0 aliphatic carbocycles. The fourth-order valence-corrected chi connectivity index (χ4v) is 3.85. The van der Waals surface area contributed by atoms with Gasteiger partial charge in [-0.3, -0.25) is 9.20 Å². The Morgan fingerprint density at radius 2 is 1.94 bits per heavy atom. The average molecular weight is 431 g/mol. The number of carbonyl (C=O) groups excluding carboxylic acids is 1. The van der Waals surface area contributed by atoms with E-state index in [0.29, 0.717) is 5.65 Å². The van der Waals surface area contributed by atoms with Crippen molar-refractivity contribution in [1.82, 2.24) is 24.7 Å². The number of imidazole rings is 1. The molecule has 0 unspecified atom stereocenters. The van der Waals surface area contributed by atoms with E-state index < -0.39 is 18.9 Å². The van der Waals surface area contributed by atoms with Crippen molar-refractivity contribution in [3.05, 3.63) is 78.5 Å². The zero-order valence-corrected chi connectivity index (χ0v) is 17.1. The van der Waals surface area contributed by atoms with Gasteiger partial charge in [0.2, 0.25) is 0 Å². The van der Waals surface area contributed by atoms with E-state index in [1.54, 1.807) is 16.7 Å². The van der Waals surface area contributed by atoms with Gasteiger partial charge in [-0.2, -0.15) is 0 Å². The van der Waals surface area contributed by atoms with Crippen LogP contribution in [0.25, 0.3) is 38.9 Å². The lowest BCUT2D eigenvalue weighted by Gasteiger charge is -2.08. The number of nitrogens with zero attached hydrogens (tertiary/aromatic N) is 3. The van der Waals surface area contributed by atoms with Crippen molar-refractivity contribution < 1.29 is 13.6 Å². The summed E-state index contributed by atoms with van der Waals surface area (Å²) in [6, 6.07) is 13.9. The minimum Gasteiger partial charge on any atom is -0.346 e. The molecular weight excluding hydrogens is 412 g/mol. The molecule has 5 rings (SSSR count). The second-order valence-corrected chi connectivity index (χ2v) is 7.53. The number of rotatable bonds is 5. The fraction of sp³-hybridized carbons (Fsp3) is 0.125. The molecular formula is C24H19F2N5O. The molecule has 4 aromatic heterocycles. The number of aromatic nitrogens is 4. The van der Waals surface area contributed by atoms with Gasteiger partial charge in [0, 0.05) is 40.7 Å². The van der Waals surface area contributed by atoms with Crippen LogP contribution in [0.1, 0.15) is 16.1 Å². The van der Waals surface area contributed by atoms with Gasteiger partial charge in [0.15, 0.2) is 0 Å². The van der Waals surface area contributed by atoms with Crippen LogP contribution in [-0.4, -0.2) is 38.2 Å². The van der Waals surface area contributed by atoms with Crippen molar-refractivity contribution >= 4 is 22.6 Å². The summed E-state index contributed by atoms with van der Waals surface area (Å²) in [5.74, 6) is -0.600. The maximum atomic E-state index is 12.5. The third-order valence-electron chi connectivity index (χ3n) is 5.45. The molecule has 0 saturated carbocycles. The number of alkyl halides is 2. The lowest BCUT2D eigenvalue weighted by molar-refractivity contribution is 0.0886. The van der Waals surface area contributed by atoms with Crippen LogP contribution in [0.15, 0.2) is 67.3 Å². The third kappa shape index (κ3) is 3.49. The Kier molecular flexibility index (Phi) is 4.89. The van der Waals surface area contributed by atoms with Crippen molar-refractivity contribution in [2.75, 3.05) is 6.54 Å². The summed E-state index contributed by atoms with van der Waals surface area (Å²) in [7, 11) is 0. The first-order valence-electron chi connectivity index (χ1n) is 10.1. The number of amides is 1. The van der Waals surface area contributed by atoms with E-state index in [1.807, 2.05) is 30.6 Å². The van der Waals surface area contributed by atoms with Crippen LogP contribution in [-0.2, 0) is 0 Å². The van der Waals surface area contributed by atoms with Crippen LogP contribution in [0.5, 0.6) is 0 Å². The topological polar surface area (TPSA) is 75.1 Å². The number of carbonyl (C=O) groups is 1. The van der Waals surface area contributed by atoms with E-state index in [9.17, 15) is 13.6 Å². The number of benzene rings is 1. The van der Waals surface area contributed by atoms with Gasteiger partial charge in [0.25, 0.3) is 12.3 Å². The molecule has 5 aromatic rings. The first-order chi connectivity index (χ1) is 15.5. The van der Waals surface area contributed by atoms with Gasteiger partial charge in [-0.1, -0.05) is 24.3 Å². The second kappa shape index (κ2) is 7.88. The van der Waals surface area contributed by atoms with E-state index in [2.05, 4.69) is 45.4 Å². The summed E-state index contributed by atoms with van der Waals surface area (Å²) in [5, 5.41) is 3.16. The highest BCUT2D eigenvalue weighted by Crippen LogP contribution is 2.32. The zero-order chi connectivity index (χ0) is 22.2. The summed E-state index contributed by atoms with van der Waals surface area (Å²) in [6.07, 6.45) is 4.26. The number of halogens is 2. The maximum Gasteiger partial charge on any atom is 0.270 e. The van der Waals surface area contributed by atoms with Gasteiger partial charge in [-0.25, -0.2) is 18.7 Å². The Morgan fingerprint density at radius 3 is 2.75 bits per heavy atom. The quantitative estimate of drug-likeness (QED) is 0.418. The molecule has 0 aliphatic heterocycles. The molecule has 0 spiro atoms. The van der Waals surface area contributed by atoms with Crippen LogP contribution >= 0.6 is 0 Å². The van der Waals surface area contributed by atoms with E-state index in [1.165, 1.54) is 6.20 Å². The monoisotopic (exact) mass is 431 g/mol. The number of hydrogen-bond donors (Lipinski definition) is 2. The third-order valence-corrected chi connectivity index (χ3v) is 5.45. The highest BCUT2D eigenvalue weighted by molar-refractivity contribution is 5.97. The summed E-state index contributed by atoms with van der Waals surface area (Å²) in [5.41, 5.74) is 6.52. The molecule has 4 heterocycles. The minimum absolute atomic E-state index is 0.195. The number of hydrogen-bond acceptors (Lipinski definition) is 3. The van der Waals surface area contributed by atoms with E-state index in [4.69, 9.17) is 0 Å². The molecule has 0 radical (unpaired) electrons. The largest absolute Gasteiger partial charge is 0.346 e. The van der Waals surface area contributed by atoms with Crippen LogP contribution < -0.4 is 5.32 Å². The van der Waals surface area contributed by atoms with E-state index in [-0.39, 0.29) is 5.69 Å². The lowest BCUT2D eigenvalue weighted by atomic mass is 10.00. The zero-order valence-electron chi connectivity index (χ0n) is 17.1. The lowest BCUT2D eigenvalue weighted by Crippen LogP contribution is -2.29. The Balaban J connectivity index is 1.58. The first kappa shape index (κ1) is 19.9. The van der Waals surface area contributed by atoms with Crippen molar-refractivity contribution in [2.45, 2.75) is 13.3 Å². The molecule has 2 N–H and O–H groups in total. The smallest absolute Gasteiger partial charge is 0.270 e. The van der Waals surface area contributed by atoms with Crippen molar-refractivity contribution in [2.24, 2.45) is 0 Å². The summed E-state index contributed by atoms with van der Waals surface area (Å²) >= 11 is 0. The molecule has 0 fully saturated rings. The normalized spacial score (nSPS) is 11.5. The van der Waals surface area contributed by atoms with E-state index in [0.717, 1.165) is 38.9 Å². The molecule has 0 atom stereocenters. The molecule has 0 saturated heterocycles. The number of aryl methyl sites for hydroxylation is 1. The van der Waals surface area contributed by atoms with E-state index >= 15 is 0 Å². The number of pyridine rings is 2.